The number of hydrogen-bond donors (Lipinski definition) is 1. The van der Waals surface area contributed by atoms with Crippen LogP contribution in [0, 0.1) is 0 Å². The van der Waals surface area contributed by atoms with Gasteiger partial charge in [-0.2, -0.15) is 0 Å². The van der Waals surface area contributed by atoms with Crippen molar-refractivity contribution in [2.24, 2.45) is 0 Å². The van der Waals surface area contributed by atoms with E-state index in [1.165, 1.54) is 0 Å². The van der Waals surface area contributed by atoms with E-state index < -0.39 is 0 Å². The molecule has 1 heterocycles. The molecule has 0 amide bonds. The zero-order valence-corrected chi connectivity index (χ0v) is 12.8. The SMILES string of the molecule is CNc1cc(Cl)ccc1-c1cccc2c1oc1ccccc12. The predicted octanol–water partition coefficient (Wildman–Crippen LogP) is 5.95. The van der Waals surface area contributed by atoms with Crippen molar-refractivity contribution in [3.05, 3.63) is 65.7 Å². The topological polar surface area (TPSA) is 25.2 Å². The van der Waals surface area contributed by atoms with E-state index in [2.05, 4.69) is 29.6 Å². The van der Waals surface area contributed by atoms with Crippen molar-refractivity contribution in [3.8, 4) is 11.1 Å². The highest BCUT2D eigenvalue weighted by Crippen LogP contribution is 2.38. The molecule has 0 fully saturated rings. The van der Waals surface area contributed by atoms with Crippen LogP contribution in [-0.4, -0.2) is 7.05 Å². The molecule has 4 rings (SSSR count). The van der Waals surface area contributed by atoms with Crippen LogP contribution < -0.4 is 5.32 Å². The van der Waals surface area contributed by atoms with Gasteiger partial charge in [0.1, 0.15) is 11.2 Å². The molecule has 2 nitrogen and oxygen atoms in total. The Bertz CT molecular complexity index is 987. The number of furan rings is 1. The zero-order valence-electron chi connectivity index (χ0n) is 12.1. The van der Waals surface area contributed by atoms with Crippen LogP contribution in [-0.2, 0) is 0 Å². The minimum Gasteiger partial charge on any atom is -0.455 e. The number of fused-ring (bicyclic) bond motifs is 3. The first-order valence-electron chi connectivity index (χ1n) is 7.16. The number of hydrogen-bond acceptors (Lipinski definition) is 2. The van der Waals surface area contributed by atoms with Crippen molar-refractivity contribution >= 4 is 39.2 Å². The molecule has 4 aromatic rings. The largest absolute Gasteiger partial charge is 0.455 e. The molecule has 108 valence electrons. The monoisotopic (exact) mass is 307 g/mol. The van der Waals surface area contributed by atoms with Crippen LogP contribution in [0.2, 0.25) is 5.02 Å². The first kappa shape index (κ1) is 13.2. The number of anilines is 1. The number of halogens is 1. The maximum Gasteiger partial charge on any atom is 0.143 e. The van der Waals surface area contributed by atoms with Gasteiger partial charge in [-0.3, -0.25) is 0 Å². The second kappa shape index (κ2) is 5.08. The highest BCUT2D eigenvalue weighted by atomic mass is 35.5. The highest BCUT2D eigenvalue weighted by molar-refractivity contribution is 6.31. The summed E-state index contributed by atoms with van der Waals surface area (Å²) >= 11 is 6.10. The van der Waals surface area contributed by atoms with Crippen LogP contribution in [0.5, 0.6) is 0 Å². The molecule has 0 aliphatic carbocycles. The Balaban J connectivity index is 2.07. The van der Waals surface area contributed by atoms with Crippen LogP contribution in [0.15, 0.2) is 65.1 Å². The summed E-state index contributed by atoms with van der Waals surface area (Å²) in [5.74, 6) is 0. The first-order chi connectivity index (χ1) is 10.8. The summed E-state index contributed by atoms with van der Waals surface area (Å²) in [5, 5.41) is 6.19. The second-order valence-electron chi connectivity index (χ2n) is 5.22. The molecule has 3 heteroatoms. The lowest BCUT2D eigenvalue weighted by Gasteiger charge is -2.10. The van der Waals surface area contributed by atoms with E-state index in [9.17, 15) is 0 Å². The Labute approximate surface area is 133 Å². The molecule has 22 heavy (non-hydrogen) atoms. The van der Waals surface area contributed by atoms with E-state index in [1.54, 1.807) is 0 Å². The third-order valence-corrected chi connectivity index (χ3v) is 4.18. The Kier molecular flexibility index (Phi) is 3.05. The fourth-order valence-electron chi connectivity index (χ4n) is 2.92. The van der Waals surface area contributed by atoms with Gasteiger partial charge < -0.3 is 9.73 Å². The van der Waals surface area contributed by atoms with Crippen molar-refractivity contribution in [1.82, 2.24) is 0 Å². The fourth-order valence-corrected chi connectivity index (χ4v) is 3.09. The van der Waals surface area contributed by atoms with Crippen LogP contribution in [0.4, 0.5) is 5.69 Å². The highest BCUT2D eigenvalue weighted by Gasteiger charge is 2.13. The molecule has 0 aliphatic rings. The van der Waals surface area contributed by atoms with Crippen LogP contribution >= 0.6 is 11.6 Å². The van der Waals surface area contributed by atoms with Crippen molar-refractivity contribution in [2.45, 2.75) is 0 Å². The number of para-hydroxylation sites is 2. The fraction of sp³-hybridized carbons (Fsp3) is 0.0526. The average molecular weight is 308 g/mol. The quantitative estimate of drug-likeness (QED) is 0.495. The third kappa shape index (κ3) is 1.96. The number of benzene rings is 3. The summed E-state index contributed by atoms with van der Waals surface area (Å²) in [4.78, 5) is 0. The normalized spacial score (nSPS) is 11.2. The van der Waals surface area contributed by atoms with Crippen molar-refractivity contribution in [3.63, 3.8) is 0 Å². The van der Waals surface area contributed by atoms with Gasteiger partial charge in [0.25, 0.3) is 0 Å². The molecule has 0 saturated carbocycles. The summed E-state index contributed by atoms with van der Waals surface area (Å²) in [7, 11) is 1.90. The molecule has 0 spiro atoms. The zero-order chi connectivity index (χ0) is 15.1. The van der Waals surface area contributed by atoms with Crippen molar-refractivity contribution in [2.75, 3.05) is 12.4 Å². The first-order valence-corrected chi connectivity index (χ1v) is 7.53. The third-order valence-electron chi connectivity index (χ3n) is 3.95. The molecule has 1 aromatic heterocycles. The van der Waals surface area contributed by atoms with E-state index in [0.717, 1.165) is 38.8 Å². The van der Waals surface area contributed by atoms with E-state index in [-0.39, 0.29) is 0 Å². The Morgan fingerprint density at radius 1 is 0.864 bits per heavy atom. The minimum atomic E-state index is 0.713. The van der Waals surface area contributed by atoms with Crippen molar-refractivity contribution < 1.29 is 4.42 Å². The van der Waals surface area contributed by atoms with E-state index in [4.69, 9.17) is 16.0 Å². The van der Waals surface area contributed by atoms with Gasteiger partial charge in [0.2, 0.25) is 0 Å². The minimum absolute atomic E-state index is 0.713. The lowest BCUT2D eigenvalue weighted by molar-refractivity contribution is 0.670. The van der Waals surface area contributed by atoms with Gasteiger partial charge in [0.05, 0.1) is 0 Å². The van der Waals surface area contributed by atoms with Crippen LogP contribution in [0.25, 0.3) is 33.1 Å². The maximum absolute atomic E-state index is 6.11. The van der Waals surface area contributed by atoms with Crippen LogP contribution in [0.1, 0.15) is 0 Å². The molecule has 0 unspecified atom stereocenters. The summed E-state index contributed by atoms with van der Waals surface area (Å²) < 4.78 is 6.11. The van der Waals surface area contributed by atoms with Gasteiger partial charge in [0, 0.05) is 39.7 Å². The molecule has 3 aromatic carbocycles. The Morgan fingerprint density at radius 3 is 2.55 bits per heavy atom. The van der Waals surface area contributed by atoms with Gasteiger partial charge in [-0.15, -0.1) is 0 Å². The summed E-state index contributed by atoms with van der Waals surface area (Å²) in [6, 6.07) is 20.2. The molecule has 0 saturated heterocycles. The van der Waals surface area contributed by atoms with E-state index >= 15 is 0 Å². The Morgan fingerprint density at radius 2 is 1.68 bits per heavy atom. The Hall–Kier alpha value is -2.45. The molecular weight excluding hydrogens is 294 g/mol. The maximum atomic E-state index is 6.11. The molecule has 0 radical (unpaired) electrons. The van der Waals surface area contributed by atoms with Crippen molar-refractivity contribution in [1.29, 1.82) is 0 Å². The molecule has 1 N–H and O–H groups in total. The van der Waals surface area contributed by atoms with Gasteiger partial charge in [0.15, 0.2) is 0 Å². The van der Waals surface area contributed by atoms with E-state index in [0.29, 0.717) is 5.02 Å². The average Bonchev–Trinajstić information content (AvgIpc) is 2.93. The van der Waals surface area contributed by atoms with Gasteiger partial charge in [-0.25, -0.2) is 0 Å². The lowest BCUT2D eigenvalue weighted by Crippen LogP contribution is -1.92. The van der Waals surface area contributed by atoms with E-state index in [1.807, 2.05) is 43.4 Å². The van der Waals surface area contributed by atoms with Gasteiger partial charge in [-0.1, -0.05) is 54.1 Å². The number of nitrogens with one attached hydrogen (secondary N) is 1. The standard InChI is InChI=1S/C19H14ClNO/c1-21-17-11-12(20)9-10-13(17)15-6-4-7-16-14-5-2-3-8-18(14)22-19(15)16/h2-11,21H,1H3. The van der Waals surface area contributed by atoms with Gasteiger partial charge in [-0.05, 0) is 18.2 Å². The van der Waals surface area contributed by atoms with Gasteiger partial charge >= 0.3 is 0 Å². The molecular formula is C19H14ClNO. The molecule has 0 bridgehead atoms. The molecule has 0 aliphatic heterocycles. The summed E-state index contributed by atoms with van der Waals surface area (Å²) in [5.41, 5.74) is 4.94. The second-order valence-corrected chi connectivity index (χ2v) is 5.66. The van der Waals surface area contributed by atoms with Crippen LogP contribution in [0.3, 0.4) is 0 Å². The number of rotatable bonds is 2. The molecule has 0 atom stereocenters. The summed E-state index contributed by atoms with van der Waals surface area (Å²) in [6.45, 7) is 0. The lowest BCUT2D eigenvalue weighted by atomic mass is 10.0. The predicted molar refractivity (Wildman–Crippen MR) is 93.7 cm³/mol. The smallest absolute Gasteiger partial charge is 0.143 e. The summed E-state index contributed by atoms with van der Waals surface area (Å²) in [6.07, 6.45) is 0.